The highest BCUT2D eigenvalue weighted by Gasteiger charge is 2.33. The van der Waals surface area contributed by atoms with Crippen LogP contribution in [0.3, 0.4) is 0 Å². The number of para-hydroxylation sites is 2. The van der Waals surface area contributed by atoms with Crippen molar-refractivity contribution >= 4 is 40.2 Å². The summed E-state index contributed by atoms with van der Waals surface area (Å²) in [4.78, 5) is 20.6. The molecule has 0 radical (unpaired) electrons. The van der Waals surface area contributed by atoms with Crippen molar-refractivity contribution in [3.63, 3.8) is 0 Å². The number of hydrogen-bond donors (Lipinski definition) is 2. The lowest BCUT2D eigenvalue weighted by Gasteiger charge is -2.13. The van der Waals surface area contributed by atoms with E-state index in [0.29, 0.717) is 22.5 Å². The second kappa shape index (κ2) is 7.38. The molecule has 0 spiro atoms. The van der Waals surface area contributed by atoms with Crippen molar-refractivity contribution in [2.24, 2.45) is 0 Å². The highest BCUT2D eigenvalue weighted by molar-refractivity contribution is 6.31. The maximum Gasteiger partial charge on any atom is 0.439 e. The molecule has 0 saturated heterocycles. The van der Waals surface area contributed by atoms with Crippen LogP contribution in [0.2, 0.25) is 5.02 Å². The number of aromatic nitrogens is 3. The fourth-order valence-electron chi connectivity index (χ4n) is 2.75. The number of benzene rings is 2. The summed E-state index contributed by atoms with van der Waals surface area (Å²) in [5.41, 5.74) is 3.76. The smallest absolute Gasteiger partial charge is 0.406 e. The molecule has 4 aromatic rings. The molecule has 0 unspecified atom stereocenters. The molecule has 2 heterocycles. The largest absolute Gasteiger partial charge is 0.439 e. The number of rotatable bonds is 4. The van der Waals surface area contributed by atoms with Crippen molar-refractivity contribution in [1.29, 1.82) is 0 Å². The number of oxazole rings is 1. The third kappa shape index (κ3) is 3.81. The highest BCUT2D eigenvalue weighted by Crippen LogP contribution is 2.36. The number of nitrogens with zero attached hydrogens (tertiary/aromatic N) is 3. The van der Waals surface area contributed by atoms with Gasteiger partial charge in [-0.2, -0.15) is 22.8 Å². The minimum Gasteiger partial charge on any atom is -0.406 e. The molecule has 2 aromatic carbocycles. The predicted molar refractivity (Wildman–Crippen MR) is 106 cm³/mol. The minimum absolute atomic E-state index is 0.0970. The summed E-state index contributed by atoms with van der Waals surface area (Å²) in [5.74, 6) is -0.225. The lowest BCUT2D eigenvalue weighted by Crippen LogP contribution is -2.23. The molecule has 0 bridgehead atoms. The van der Waals surface area contributed by atoms with E-state index in [0.717, 1.165) is 12.1 Å². The van der Waals surface area contributed by atoms with Crippen LogP contribution in [0, 0.1) is 6.92 Å². The standard InChI is InChI=1S/C19H13ClF3N5O2/c1-10-9-24-17(25-11-6-7-12(13(20)8-11)19(21,22)23)26-16(10)27-28-14-4-2-3-5-15(14)30-18(28)29/h2-9H,1H3,(H2,24,25,26,27). The number of alkyl halides is 3. The zero-order valence-corrected chi connectivity index (χ0v) is 16.0. The summed E-state index contributed by atoms with van der Waals surface area (Å²) in [5, 5.41) is 2.35. The van der Waals surface area contributed by atoms with E-state index in [1.54, 1.807) is 31.2 Å². The van der Waals surface area contributed by atoms with Crippen molar-refractivity contribution in [1.82, 2.24) is 14.6 Å². The lowest BCUT2D eigenvalue weighted by molar-refractivity contribution is -0.137. The van der Waals surface area contributed by atoms with E-state index in [-0.39, 0.29) is 11.6 Å². The zero-order valence-electron chi connectivity index (χ0n) is 15.3. The fraction of sp³-hybridized carbons (Fsp3) is 0.105. The Labute approximate surface area is 172 Å². The zero-order chi connectivity index (χ0) is 21.5. The minimum atomic E-state index is -4.55. The van der Waals surface area contributed by atoms with Crippen molar-refractivity contribution in [2.75, 3.05) is 10.7 Å². The van der Waals surface area contributed by atoms with Gasteiger partial charge < -0.3 is 9.73 Å². The van der Waals surface area contributed by atoms with E-state index >= 15 is 0 Å². The van der Waals surface area contributed by atoms with Gasteiger partial charge in [0, 0.05) is 17.4 Å². The Balaban J connectivity index is 1.63. The maximum absolute atomic E-state index is 12.9. The molecule has 4 rings (SSSR count). The highest BCUT2D eigenvalue weighted by atomic mass is 35.5. The van der Waals surface area contributed by atoms with Gasteiger partial charge >= 0.3 is 11.9 Å². The van der Waals surface area contributed by atoms with E-state index in [4.69, 9.17) is 16.0 Å². The molecule has 154 valence electrons. The second-order valence-electron chi connectivity index (χ2n) is 6.33. The van der Waals surface area contributed by atoms with Gasteiger partial charge in [-0.1, -0.05) is 23.7 Å². The second-order valence-corrected chi connectivity index (χ2v) is 6.73. The molecule has 7 nitrogen and oxygen atoms in total. The third-order valence-corrected chi connectivity index (χ3v) is 4.52. The van der Waals surface area contributed by atoms with Crippen molar-refractivity contribution in [3.8, 4) is 0 Å². The number of anilines is 3. The predicted octanol–water partition coefficient (Wildman–Crippen LogP) is 4.98. The number of fused-ring (bicyclic) bond motifs is 1. The molecule has 0 aliphatic rings. The first-order valence-corrected chi connectivity index (χ1v) is 8.95. The molecule has 30 heavy (non-hydrogen) atoms. The van der Waals surface area contributed by atoms with Gasteiger partial charge in [0.1, 0.15) is 5.52 Å². The molecule has 0 aliphatic carbocycles. The topological polar surface area (TPSA) is 85.0 Å². The van der Waals surface area contributed by atoms with Gasteiger partial charge in [0.15, 0.2) is 11.4 Å². The molecule has 0 amide bonds. The van der Waals surface area contributed by atoms with Crippen LogP contribution in [0.15, 0.2) is 57.9 Å². The van der Waals surface area contributed by atoms with Gasteiger partial charge in [-0.25, -0.2) is 9.78 Å². The van der Waals surface area contributed by atoms with E-state index in [2.05, 4.69) is 20.7 Å². The fourth-order valence-corrected chi connectivity index (χ4v) is 3.03. The summed E-state index contributed by atoms with van der Waals surface area (Å²) in [6.45, 7) is 1.73. The number of aryl methyl sites for hydroxylation is 1. The van der Waals surface area contributed by atoms with Crippen LogP contribution in [0.1, 0.15) is 11.1 Å². The van der Waals surface area contributed by atoms with Crippen LogP contribution in [-0.2, 0) is 6.18 Å². The summed E-state index contributed by atoms with van der Waals surface area (Å²) in [6, 6.07) is 10.1. The molecule has 11 heteroatoms. The lowest BCUT2D eigenvalue weighted by atomic mass is 10.2. The van der Waals surface area contributed by atoms with Gasteiger partial charge in [0.05, 0.1) is 10.6 Å². The monoisotopic (exact) mass is 435 g/mol. The molecule has 0 aliphatic heterocycles. The first-order chi connectivity index (χ1) is 14.2. The Morgan fingerprint density at radius 1 is 1.17 bits per heavy atom. The van der Waals surface area contributed by atoms with Crippen LogP contribution in [0.5, 0.6) is 0 Å². The van der Waals surface area contributed by atoms with Crippen LogP contribution in [0.4, 0.5) is 30.6 Å². The average Bonchev–Trinajstić information content (AvgIpc) is 2.99. The molecular formula is C19H13ClF3N5O2. The Morgan fingerprint density at radius 3 is 2.67 bits per heavy atom. The SMILES string of the molecule is Cc1cnc(Nc2ccc(C(F)(F)F)c(Cl)c2)nc1Nn1c(=O)oc2ccccc21. The van der Waals surface area contributed by atoms with Crippen LogP contribution in [0.25, 0.3) is 11.1 Å². The maximum atomic E-state index is 12.9. The van der Waals surface area contributed by atoms with E-state index < -0.39 is 22.5 Å². The summed E-state index contributed by atoms with van der Waals surface area (Å²) < 4.78 is 44.9. The molecule has 2 aromatic heterocycles. The first kappa shape index (κ1) is 19.8. The summed E-state index contributed by atoms with van der Waals surface area (Å²) >= 11 is 5.74. The first-order valence-electron chi connectivity index (χ1n) is 8.57. The summed E-state index contributed by atoms with van der Waals surface area (Å²) in [6.07, 6.45) is -3.05. The molecule has 0 atom stereocenters. The molecule has 2 N–H and O–H groups in total. The Kier molecular flexibility index (Phi) is 4.86. The number of nitrogens with one attached hydrogen (secondary N) is 2. The molecule has 0 fully saturated rings. The van der Waals surface area contributed by atoms with E-state index in [9.17, 15) is 18.0 Å². The molecule has 0 saturated carbocycles. The third-order valence-electron chi connectivity index (χ3n) is 4.21. The van der Waals surface area contributed by atoms with Crippen LogP contribution < -0.4 is 16.5 Å². The van der Waals surface area contributed by atoms with Crippen LogP contribution >= 0.6 is 11.6 Å². The van der Waals surface area contributed by atoms with Crippen molar-refractivity contribution < 1.29 is 17.6 Å². The van der Waals surface area contributed by atoms with Gasteiger partial charge in [0.2, 0.25) is 5.95 Å². The number of hydrogen-bond acceptors (Lipinski definition) is 6. The van der Waals surface area contributed by atoms with Crippen LogP contribution in [-0.4, -0.2) is 14.6 Å². The quantitative estimate of drug-likeness (QED) is 0.470. The van der Waals surface area contributed by atoms with E-state index in [1.165, 1.54) is 16.9 Å². The Morgan fingerprint density at radius 2 is 1.93 bits per heavy atom. The Hall–Kier alpha value is -3.53. The normalized spacial score (nSPS) is 11.6. The summed E-state index contributed by atoms with van der Waals surface area (Å²) in [7, 11) is 0. The average molecular weight is 436 g/mol. The van der Waals surface area contributed by atoms with Crippen molar-refractivity contribution in [3.05, 3.63) is 75.4 Å². The van der Waals surface area contributed by atoms with Gasteiger partial charge in [-0.15, -0.1) is 0 Å². The van der Waals surface area contributed by atoms with Gasteiger partial charge in [-0.3, -0.25) is 5.43 Å². The number of halogens is 4. The van der Waals surface area contributed by atoms with Gasteiger partial charge in [-0.05, 0) is 37.3 Å². The Bertz CT molecular complexity index is 1300. The van der Waals surface area contributed by atoms with E-state index in [1.807, 2.05) is 0 Å². The van der Waals surface area contributed by atoms with Crippen molar-refractivity contribution in [2.45, 2.75) is 13.1 Å². The molecular weight excluding hydrogens is 423 g/mol. The van der Waals surface area contributed by atoms with Gasteiger partial charge in [0.25, 0.3) is 0 Å².